The summed E-state index contributed by atoms with van der Waals surface area (Å²) in [5.74, 6) is 0.206. The minimum atomic E-state index is -3.52. The highest BCUT2D eigenvalue weighted by molar-refractivity contribution is 7.99. The monoisotopic (exact) mass is 446 g/mol. The zero-order chi connectivity index (χ0) is 21.6. The molecule has 0 atom stereocenters. The van der Waals surface area contributed by atoms with Crippen molar-refractivity contribution in [2.45, 2.75) is 24.0 Å². The van der Waals surface area contributed by atoms with Crippen LogP contribution >= 0.6 is 11.8 Å². The molecule has 3 rings (SSSR count). The molecule has 0 aliphatic rings. The maximum atomic E-state index is 12.5. The van der Waals surface area contributed by atoms with E-state index in [0.29, 0.717) is 29.9 Å². The fourth-order valence-electron chi connectivity index (χ4n) is 2.71. The predicted molar refractivity (Wildman–Crippen MR) is 116 cm³/mol. The molecule has 0 aliphatic carbocycles. The zero-order valence-electron chi connectivity index (χ0n) is 16.6. The molecule has 2 aromatic carbocycles. The van der Waals surface area contributed by atoms with Gasteiger partial charge < -0.3 is 9.73 Å². The standard InChI is InChI=1S/C20H22N4O4S2/c1-3-24(4-2)30(26,27)17-12-10-16(11-13-17)21-18(25)14-29-20-23-22-19(28-20)15-8-6-5-7-9-15/h5-13H,3-4,14H2,1-2H3,(H,21,25). The number of aromatic nitrogens is 2. The summed E-state index contributed by atoms with van der Waals surface area (Å²) in [7, 11) is -3.52. The van der Waals surface area contributed by atoms with E-state index in [9.17, 15) is 13.2 Å². The summed E-state index contributed by atoms with van der Waals surface area (Å²) in [4.78, 5) is 12.4. The Morgan fingerprint density at radius 1 is 1.03 bits per heavy atom. The third kappa shape index (κ3) is 5.26. The number of sulfonamides is 1. The third-order valence-electron chi connectivity index (χ3n) is 4.24. The summed E-state index contributed by atoms with van der Waals surface area (Å²) >= 11 is 1.13. The van der Waals surface area contributed by atoms with Gasteiger partial charge in [-0.3, -0.25) is 4.79 Å². The Morgan fingerprint density at radius 3 is 2.33 bits per heavy atom. The normalized spacial score (nSPS) is 11.6. The Morgan fingerprint density at radius 2 is 1.70 bits per heavy atom. The second-order valence-electron chi connectivity index (χ2n) is 6.19. The summed E-state index contributed by atoms with van der Waals surface area (Å²) in [5, 5.41) is 10.9. The molecule has 0 aliphatic heterocycles. The Bertz CT molecular complexity index is 1080. The first-order valence-electron chi connectivity index (χ1n) is 9.35. The molecule has 0 spiro atoms. The summed E-state index contributed by atoms with van der Waals surface area (Å²) in [6.07, 6.45) is 0. The van der Waals surface area contributed by atoms with Crippen molar-refractivity contribution < 1.29 is 17.6 Å². The summed E-state index contributed by atoms with van der Waals surface area (Å²) in [6, 6.07) is 15.5. The number of nitrogens with zero attached hydrogens (tertiary/aromatic N) is 3. The quantitative estimate of drug-likeness (QED) is 0.502. The Labute approximate surface area is 179 Å². The second kappa shape index (κ2) is 9.88. The molecule has 0 saturated carbocycles. The maximum absolute atomic E-state index is 12.5. The molecule has 1 amide bonds. The molecule has 0 fully saturated rings. The van der Waals surface area contributed by atoms with Crippen LogP contribution < -0.4 is 5.32 Å². The van der Waals surface area contributed by atoms with Gasteiger partial charge in [-0.2, -0.15) is 4.31 Å². The molecule has 1 N–H and O–H groups in total. The first-order valence-corrected chi connectivity index (χ1v) is 11.8. The van der Waals surface area contributed by atoms with Crippen molar-refractivity contribution in [1.82, 2.24) is 14.5 Å². The molecule has 1 aromatic heterocycles. The van der Waals surface area contributed by atoms with Gasteiger partial charge in [0.25, 0.3) is 5.22 Å². The van der Waals surface area contributed by atoms with Crippen molar-refractivity contribution in [3.8, 4) is 11.5 Å². The minimum Gasteiger partial charge on any atom is -0.411 e. The van der Waals surface area contributed by atoms with Crippen molar-refractivity contribution in [1.29, 1.82) is 0 Å². The maximum Gasteiger partial charge on any atom is 0.277 e. The van der Waals surface area contributed by atoms with E-state index in [1.807, 2.05) is 30.3 Å². The van der Waals surface area contributed by atoms with Crippen molar-refractivity contribution in [3.63, 3.8) is 0 Å². The molecule has 10 heteroatoms. The summed E-state index contributed by atoms with van der Waals surface area (Å²) in [5.41, 5.74) is 1.32. The third-order valence-corrected chi connectivity index (χ3v) is 7.12. The largest absolute Gasteiger partial charge is 0.411 e. The van der Waals surface area contributed by atoms with Gasteiger partial charge >= 0.3 is 0 Å². The average molecular weight is 447 g/mol. The van der Waals surface area contributed by atoms with Gasteiger partial charge in [0.1, 0.15) is 0 Å². The van der Waals surface area contributed by atoms with Crippen LogP contribution in [0.15, 0.2) is 69.1 Å². The van der Waals surface area contributed by atoms with Crippen LogP contribution in [0.1, 0.15) is 13.8 Å². The van der Waals surface area contributed by atoms with Crippen molar-refractivity contribution >= 4 is 33.4 Å². The molecule has 0 radical (unpaired) electrons. The van der Waals surface area contributed by atoms with Gasteiger partial charge in [-0.05, 0) is 36.4 Å². The molecular weight excluding hydrogens is 424 g/mol. The highest BCUT2D eigenvalue weighted by atomic mass is 32.2. The summed E-state index contributed by atoms with van der Waals surface area (Å²) in [6.45, 7) is 4.38. The molecular formula is C20H22N4O4S2. The van der Waals surface area contributed by atoms with Crippen LogP contribution in [0.25, 0.3) is 11.5 Å². The number of amides is 1. The van der Waals surface area contributed by atoms with Crippen LogP contribution in [0.2, 0.25) is 0 Å². The van der Waals surface area contributed by atoms with E-state index in [-0.39, 0.29) is 16.6 Å². The van der Waals surface area contributed by atoms with Gasteiger partial charge in [0.15, 0.2) is 0 Å². The number of thioether (sulfide) groups is 1. The number of rotatable bonds is 9. The van der Waals surface area contributed by atoms with E-state index in [0.717, 1.165) is 17.3 Å². The van der Waals surface area contributed by atoms with Gasteiger partial charge in [0.2, 0.25) is 21.8 Å². The molecule has 1 heterocycles. The Balaban J connectivity index is 1.56. The lowest BCUT2D eigenvalue weighted by molar-refractivity contribution is -0.113. The number of hydrogen-bond acceptors (Lipinski definition) is 7. The molecule has 30 heavy (non-hydrogen) atoms. The first-order chi connectivity index (χ1) is 14.4. The molecule has 0 saturated heterocycles. The predicted octanol–water partition coefficient (Wildman–Crippen LogP) is 3.50. The van der Waals surface area contributed by atoms with E-state index in [1.165, 1.54) is 16.4 Å². The van der Waals surface area contributed by atoms with E-state index >= 15 is 0 Å². The van der Waals surface area contributed by atoms with Gasteiger partial charge in [0, 0.05) is 24.3 Å². The average Bonchev–Trinajstić information content (AvgIpc) is 3.23. The van der Waals surface area contributed by atoms with E-state index in [2.05, 4.69) is 15.5 Å². The lowest BCUT2D eigenvalue weighted by atomic mass is 10.2. The number of carbonyl (C=O) groups excluding carboxylic acids is 1. The molecule has 158 valence electrons. The van der Waals surface area contributed by atoms with Crippen LogP contribution in [0.4, 0.5) is 5.69 Å². The summed E-state index contributed by atoms with van der Waals surface area (Å²) < 4.78 is 31.9. The van der Waals surface area contributed by atoms with Crippen LogP contribution in [-0.2, 0) is 14.8 Å². The molecule has 0 bridgehead atoms. The van der Waals surface area contributed by atoms with Gasteiger partial charge in [-0.15, -0.1) is 10.2 Å². The first kappa shape index (κ1) is 22.0. The number of nitrogens with one attached hydrogen (secondary N) is 1. The van der Waals surface area contributed by atoms with E-state index in [4.69, 9.17) is 4.42 Å². The van der Waals surface area contributed by atoms with Crippen molar-refractivity contribution in [2.75, 3.05) is 24.2 Å². The van der Waals surface area contributed by atoms with Crippen LogP contribution in [0, 0.1) is 0 Å². The zero-order valence-corrected chi connectivity index (χ0v) is 18.2. The van der Waals surface area contributed by atoms with Crippen molar-refractivity contribution in [2.24, 2.45) is 0 Å². The Kier molecular flexibility index (Phi) is 7.24. The van der Waals surface area contributed by atoms with Crippen LogP contribution in [-0.4, -0.2) is 47.7 Å². The SMILES string of the molecule is CCN(CC)S(=O)(=O)c1ccc(NC(=O)CSc2nnc(-c3ccccc3)o2)cc1. The van der Waals surface area contributed by atoms with Crippen LogP contribution in [0.5, 0.6) is 0 Å². The fraction of sp³-hybridized carbons (Fsp3) is 0.250. The number of anilines is 1. The lowest BCUT2D eigenvalue weighted by Gasteiger charge is -2.18. The number of hydrogen-bond donors (Lipinski definition) is 1. The topological polar surface area (TPSA) is 105 Å². The number of carbonyl (C=O) groups is 1. The lowest BCUT2D eigenvalue weighted by Crippen LogP contribution is -2.30. The highest BCUT2D eigenvalue weighted by Gasteiger charge is 2.21. The molecule has 8 nitrogen and oxygen atoms in total. The second-order valence-corrected chi connectivity index (χ2v) is 9.05. The minimum absolute atomic E-state index is 0.0793. The van der Waals surface area contributed by atoms with E-state index < -0.39 is 10.0 Å². The fourth-order valence-corrected chi connectivity index (χ4v) is 4.73. The highest BCUT2D eigenvalue weighted by Crippen LogP contribution is 2.23. The van der Waals surface area contributed by atoms with Gasteiger partial charge in [-0.1, -0.05) is 43.8 Å². The molecule has 0 unspecified atom stereocenters. The van der Waals surface area contributed by atoms with Crippen molar-refractivity contribution in [3.05, 3.63) is 54.6 Å². The van der Waals surface area contributed by atoms with Crippen LogP contribution in [0.3, 0.4) is 0 Å². The van der Waals surface area contributed by atoms with Gasteiger partial charge in [-0.25, -0.2) is 8.42 Å². The van der Waals surface area contributed by atoms with E-state index in [1.54, 1.807) is 26.0 Å². The Hall–Kier alpha value is -2.69. The van der Waals surface area contributed by atoms with Gasteiger partial charge in [0.05, 0.1) is 10.6 Å². The number of benzene rings is 2. The smallest absolute Gasteiger partial charge is 0.277 e. The molecule has 3 aromatic rings.